The van der Waals surface area contributed by atoms with Crippen molar-refractivity contribution in [3.63, 3.8) is 0 Å². The van der Waals surface area contributed by atoms with Gasteiger partial charge in [0.15, 0.2) is 0 Å². The van der Waals surface area contributed by atoms with E-state index in [0.29, 0.717) is 12.5 Å². The van der Waals surface area contributed by atoms with Crippen LogP contribution in [0.15, 0.2) is 0 Å². The van der Waals surface area contributed by atoms with Crippen molar-refractivity contribution in [2.45, 2.75) is 58.1 Å². The average Bonchev–Trinajstić information content (AvgIpc) is 2.84. The first kappa shape index (κ1) is 13.7. The third-order valence-electron chi connectivity index (χ3n) is 4.07. The number of amides is 1. The van der Waals surface area contributed by atoms with Gasteiger partial charge in [-0.3, -0.25) is 0 Å². The zero-order valence-corrected chi connectivity index (χ0v) is 11.7. The highest BCUT2D eigenvalue weighted by Crippen LogP contribution is 2.46. The van der Waals surface area contributed by atoms with Crippen LogP contribution in [0.2, 0.25) is 0 Å². The summed E-state index contributed by atoms with van der Waals surface area (Å²) in [4.78, 5) is 14.0. The summed E-state index contributed by atoms with van der Waals surface area (Å²) >= 11 is 0. The van der Waals surface area contributed by atoms with E-state index in [1.165, 1.54) is 19.3 Å². The molecule has 3 unspecified atom stereocenters. The molecule has 0 aromatic heterocycles. The number of hydrogen-bond donors (Lipinski definition) is 1. The normalized spacial score (nSPS) is 30.6. The maximum absolute atomic E-state index is 12.2. The van der Waals surface area contributed by atoms with E-state index in [0.717, 1.165) is 12.3 Å². The molecule has 104 valence electrons. The Bertz CT molecular complexity index is 311. The van der Waals surface area contributed by atoms with Crippen LogP contribution in [0.3, 0.4) is 0 Å². The highest BCUT2D eigenvalue weighted by Gasteiger charge is 2.44. The molecule has 2 rings (SSSR count). The van der Waals surface area contributed by atoms with Gasteiger partial charge in [-0.15, -0.1) is 0 Å². The molecule has 0 heterocycles. The van der Waals surface area contributed by atoms with Crippen LogP contribution >= 0.6 is 0 Å². The number of hydrogen-bond acceptors (Lipinski definition) is 3. The number of carbonyl (C=O) groups excluding carboxylic acids is 1. The van der Waals surface area contributed by atoms with Gasteiger partial charge < -0.3 is 14.7 Å². The predicted octanol–water partition coefficient (Wildman–Crippen LogP) is 2.40. The lowest BCUT2D eigenvalue weighted by molar-refractivity contribution is 0.00595. The zero-order chi connectivity index (χ0) is 13.3. The van der Waals surface area contributed by atoms with E-state index in [2.05, 4.69) is 0 Å². The highest BCUT2D eigenvalue weighted by atomic mass is 16.6. The second kappa shape index (κ2) is 5.08. The van der Waals surface area contributed by atoms with Crippen molar-refractivity contribution in [3.05, 3.63) is 0 Å². The molecule has 4 nitrogen and oxygen atoms in total. The van der Waals surface area contributed by atoms with Gasteiger partial charge in [-0.25, -0.2) is 4.79 Å². The van der Waals surface area contributed by atoms with Gasteiger partial charge in [0.25, 0.3) is 0 Å². The Hall–Kier alpha value is -0.770. The lowest BCUT2D eigenvalue weighted by atomic mass is 9.94. The van der Waals surface area contributed by atoms with E-state index in [1.807, 2.05) is 20.8 Å². The molecule has 0 aliphatic heterocycles. The fourth-order valence-electron chi connectivity index (χ4n) is 3.41. The molecule has 2 aliphatic carbocycles. The van der Waals surface area contributed by atoms with Crippen molar-refractivity contribution in [1.82, 2.24) is 4.90 Å². The fourth-order valence-corrected chi connectivity index (χ4v) is 3.41. The van der Waals surface area contributed by atoms with E-state index in [1.54, 1.807) is 4.90 Å². The number of aliphatic hydroxyl groups excluding tert-OH is 1. The van der Waals surface area contributed by atoms with Crippen molar-refractivity contribution in [2.24, 2.45) is 11.8 Å². The third-order valence-corrected chi connectivity index (χ3v) is 4.07. The molecule has 1 N–H and O–H groups in total. The van der Waals surface area contributed by atoms with Gasteiger partial charge in [0.05, 0.1) is 6.61 Å². The Morgan fingerprint density at radius 2 is 2.06 bits per heavy atom. The largest absolute Gasteiger partial charge is 0.444 e. The lowest BCUT2D eigenvalue weighted by Crippen LogP contribution is -2.47. The molecule has 0 aromatic rings. The van der Waals surface area contributed by atoms with Crippen molar-refractivity contribution < 1.29 is 14.6 Å². The van der Waals surface area contributed by atoms with Gasteiger partial charge in [0, 0.05) is 12.6 Å². The molecule has 2 bridgehead atoms. The van der Waals surface area contributed by atoms with Gasteiger partial charge in [0.1, 0.15) is 5.60 Å². The summed E-state index contributed by atoms with van der Waals surface area (Å²) in [6.45, 7) is 6.03. The Kier molecular flexibility index (Phi) is 3.85. The Morgan fingerprint density at radius 1 is 1.33 bits per heavy atom. The van der Waals surface area contributed by atoms with Crippen LogP contribution < -0.4 is 0 Å². The number of fused-ring (bicyclic) bond motifs is 2. The van der Waals surface area contributed by atoms with Gasteiger partial charge >= 0.3 is 6.09 Å². The summed E-state index contributed by atoms with van der Waals surface area (Å²) in [5.74, 6) is 1.40. The van der Waals surface area contributed by atoms with E-state index < -0.39 is 5.60 Å². The molecule has 0 saturated heterocycles. The van der Waals surface area contributed by atoms with Crippen molar-refractivity contribution in [1.29, 1.82) is 0 Å². The molecule has 2 saturated carbocycles. The summed E-state index contributed by atoms with van der Waals surface area (Å²) in [6.07, 6.45) is 4.59. The standard InChI is InChI=1S/C14H25NO3/c1-14(2,3)18-13(17)15(6-7-16)12-9-10-4-5-11(12)8-10/h10-12,16H,4-9H2,1-3H3. The first-order chi connectivity index (χ1) is 8.40. The summed E-state index contributed by atoms with van der Waals surface area (Å²) < 4.78 is 5.45. The Balaban J connectivity index is 2.01. The van der Waals surface area contributed by atoms with Crippen molar-refractivity contribution in [3.8, 4) is 0 Å². The maximum Gasteiger partial charge on any atom is 0.410 e. The Morgan fingerprint density at radius 3 is 2.50 bits per heavy atom. The number of carbonyl (C=O) groups is 1. The summed E-state index contributed by atoms with van der Waals surface area (Å²) in [5, 5.41) is 9.16. The van der Waals surface area contributed by atoms with Crippen LogP contribution in [0.1, 0.15) is 46.5 Å². The molecular formula is C14H25NO3. The minimum atomic E-state index is -0.470. The molecular weight excluding hydrogens is 230 g/mol. The molecule has 0 spiro atoms. The van der Waals surface area contributed by atoms with Crippen LogP contribution in [0, 0.1) is 11.8 Å². The molecule has 3 atom stereocenters. The number of rotatable bonds is 3. The quantitative estimate of drug-likeness (QED) is 0.842. The lowest BCUT2D eigenvalue weighted by Gasteiger charge is -2.35. The summed E-state index contributed by atoms with van der Waals surface area (Å²) in [6, 6.07) is 0.283. The minimum Gasteiger partial charge on any atom is -0.444 e. The zero-order valence-electron chi connectivity index (χ0n) is 11.7. The molecule has 2 fully saturated rings. The molecule has 18 heavy (non-hydrogen) atoms. The number of aliphatic hydroxyl groups is 1. The van der Waals surface area contributed by atoms with Crippen molar-refractivity contribution >= 4 is 6.09 Å². The molecule has 1 amide bonds. The predicted molar refractivity (Wildman–Crippen MR) is 69.3 cm³/mol. The van der Waals surface area contributed by atoms with Crippen LogP contribution in [0.25, 0.3) is 0 Å². The Labute approximate surface area is 109 Å². The molecule has 4 heteroatoms. The van der Waals surface area contributed by atoms with E-state index >= 15 is 0 Å². The van der Waals surface area contributed by atoms with Crippen LogP contribution in [-0.4, -0.2) is 40.9 Å². The fraction of sp³-hybridized carbons (Fsp3) is 0.929. The number of ether oxygens (including phenoxy) is 1. The van der Waals surface area contributed by atoms with Gasteiger partial charge in [-0.1, -0.05) is 6.42 Å². The SMILES string of the molecule is CC(C)(C)OC(=O)N(CCO)C1CC2CCC1C2. The third kappa shape index (κ3) is 2.97. The second-order valence-electron chi connectivity index (χ2n) is 6.64. The smallest absolute Gasteiger partial charge is 0.410 e. The molecule has 0 aromatic carbocycles. The van der Waals surface area contributed by atoms with Crippen LogP contribution in [-0.2, 0) is 4.74 Å². The first-order valence-electron chi connectivity index (χ1n) is 7.01. The van der Waals surface area contributed by atoms with E-state index in [4.69, 9.17) is 9.84 Å². The first-order valence-corrected chi connectivity index (χ1v) is 7.01. The monoisotopic (exact) mass is 255 g/mol. The number of nitrogens with zero attached hydrogens (tertiary/aromatic N) is 1. The second-order valence-corrected chi connectivity index (χ2v) is 6.64. The van der Waals surface area contributed by atoms with Gasteiger partial charge in [-0.2, -0.15) is 0 Å². The van der Waals surface area contributed by atoms with E-state index in [9.17, 15) is 4.79 Å². The molecule has 2 aliphatic rings. The minimum absolute atomic E-state index is 0.00707. The van der Waals surface area contributed by atoms with Crippen LogP contribution in [0.5, 0.6) is 0 Å². The van der Waals surface area contributed by atoms with Gasteiger partial charge in [-0.05, 0) is 51.9 Å². The van der Waals surface area contributed by atoms with E-state index in [-0.39, 0.29) is 18.7 Å². The maximum atomic E-state index is 12.2. The van der Waals surface area contributed by atoms with Crippen LogP contribution in [0.4, 0.5) is 4.79 Å². The average molecular weight is 255 g/mol. The van der Waals surface area contributed by atoms with Crippen molar-refractivity contribution in [2.75, 3.05) is 13.2 Å². The van der Waals surface area contributed by atoms with Gasteiger partial charge in [0.2, 0.25) is 0 Å². The topological polar surface area (TPSA) is 49.8 Å². The summed E-state index contributed by atoms with van der Waals surface area (Å²) in [7, 11) is 0. The highest BCUT2D eigenvalue weighted by molar-refractivity contribution is 5.68. The molecule has 0 radical (unpaired) electrons. The summed E-state index contributed by atoms with van der Waals surface area (Å²) in [5.41, 5.74) is -0.470.